The summed E-state index contributed by atoms with van der Waals surface area (Å²) in [5, 5.41) is 0. The van der Waals surface area contributed by atoms with Gasteiger partial charge in [-0.1, -0.05) is 130 Å². The molecule has 50 heavy (non-hydrogen) atoms. The first-order valence-corrected chi connectivity index (χ1v) is 19.0. The van der Waals surface area contributed by atoms with Crippen LogP contribution >= 0.6 is 0 Å². The van der Waals surface area contributed by atoms with Gasteiger partial charge in [0.2, 0.25) is 0 Å². The van der Waals surface area contributed by atoms with Crippen LogP contribution in [0.15, 0.2) is 133 Å². The molecule has 1 fully saturated rings. The minimum Gasteiger partial charge on any atom is -0.310 e. The van der Waals surface area contributed by atoms with Crippen LogP contribution < -0.4 is 4.90 Å². The Bertz CT molecular complexity index is 2150. The molecule has 1 saturated carbocycles. The third-order valence-electron chi connectivity index (χ3n) is 12.1. The highest BCUT2D eigenvalue weighted by Crippen LogP contribution is 2.52. The summed E-state index contributed by atoms with van der Waals surface area (Å²) >= 11 is 0. The molecule has 0 spiro atoms. The van der Waals surface area contributed by atoms with Crippen molar-refractivity contribution in [1.29, 1.82) is 0 Å². The van der Waals surface area contributed by atoms with Gasteiger partial charge in [-0.15, -0.1) is 0 Å². The second-order valence-electron chi connectivity index (χ2n) is 15.5. The third kappa shape index (κ3) is 5.67. The zero-order valence-corrected chi connectivity index (χ0v) is 29.6. The maximum Gasteiger partial charge on any atom is 0.0496 e. The third-order valence-corrected chi connectivity index (χ3v) is 12.1. The predicted molar refractivity (Wildman–Crippen MR) is 211 cm³/mol. The normalized spacial score (nSPS) is 16.4. The first-order chi connectivity index (χ1) is 24.5. The molecule has 248 valence electrons. The van der Waals surface area contributed by atoms with Gasteiger partial charge >= 0.3 is 0 Å². The molecule has 1 nitrogen and oxygen atoms in total. The maximum absolute atomic E-state index is 2.58. The molecule has 0 saturated heterocycles. The van der Waals surface area contributed by atoms with Gasteiger partial charge in [-0.2, -0.15) is 0 Å². The molecule has 6 aliphatic rings. The number of hydrogen-bond donors (Lipinski definition) is 0. The van der Waals surface area contributed by atoms with E-state index in [0.29, 0.717) is 5.92 Å². The quantitative estimate of drug-likeness (QED) is 0.180. The van der Waals surface area contributed by atoms with Crippen molar-refractivity contribution in [2.24, 2.45) is 0 Å². The summed E-state index contributed by atoms with van der Waals surface area (Å²) in [4.78, 5) is 2.58. The number of rotatable bonds is 5. The highest BCUT2D eigenvalue weighted by molar-refractivity contribution is 5.87. The molecular formula is C49H47N. The molecule has 0 amide bonds. The zero-order valence-electron chi connectivity index (χ0n) is 29.6. The van der Waals surface area contributed by atoms with E-state index < -0.39 is 0 Å². The average molecular weight is 650 g/mol. The van der Waals surface area contributed by atoms with E-state index in [0.717, 1.165) is 25.7 Å². The summed E-state index contributed by atoms with van der Waals surface area (Å²) in [5.74, 6) is 0.696. The highest BCUT2D eigenvalue weighted by Gasteiger charge is 2.36. The van der Waals surface area contributed by atoms with Gasteiger partial charge < -0.3 is 4.90 Å². The molecule has 1 heteroatoms. The van der Waals surface area contributed by atoms with Crippen molar-refractivity contribution in [2.45, 2.75) is 83.0 Å². The molecule has 4 bridgehead atoms. The van der Waals surface area contributed by atoms with E-state index in [2.05, 4.69) is 152 Å². The van der Waals surface area contributed by atoms with Gasteiger partial charge in [-0.25, -0.2) is 0 Å². The Balaban J connectivity index is 1.16. The SMILES string of the molecule is CC1(C)c2cc(-c3ccccc3)ccc2-c2ccc(N(c3ccc(C4CCCCC4)cc3)c3cc4ccc3CCc3ccc(cc3)CC4)cc21. The van der Waals surface area contributed by atoms with Crippen LogP contribution in [0.1, 0.15) is 90.8 Å². The summed E-state index contributed by atoms with van der Waals surface area (Å²) in [5.41, 5.74) is 19.0. The Morgan fingerprint density at radius 1 is 0.500 bits per heavy atom. The highest BCUT2D eigenvalue weighted by atomic mass is 15.1. The first-order valence-electron chi connectivity index (χ1n) is 19.0. The lowest BCUT2D eigenvalue weighted by Gasteiger charge is -2.31. The number of aryl methyl sites for hydroxylation is 4. The predicted octanol–water partition coefficient (Wildman–Crippen LogP) is 13.1. The summed E-state index contributed by atoms with van der Waals surface area (Å²) in [6, 6.07) is 51.5. The van der Waals surface area contributed by atoms with Gasteiger partial charge in [0.05, 0.1) is 0 Å². The Morgan fingerprint density at radius 2 is 1.12 bits per heavy atom. The molecule has 0 heterocycles. The number of nitrogens with zero attached hydrogens (tertiary/aromatic N) is 1. The summed E-state index contributed by atoms with van der Waals surface area (Å²) in [6.45, 7) is 4.82. The Hall–Kier alpha value is -4.88. The number of hydrogen-bond acceptors (Lipinski definition) is 1. The molecule has 12 rings (SSSR count). The lowest BCUT2D eigenvalue weighted by Crippen LogP contribution is -2.17. The molecule has 6 aromatic carbocycles. The van der Waals surface area contributed by atoms with Crippen LogP contribution in [0, 0.1) is 0 Å². The molecule has 6 aliphatic carbocycles. The molecule has 0 aromatic heterocycles. The molecule has 0 atom stereocenters. The van der Waals surface area contributed by atoms with Crippen LogP contribution in [0.2, 0.25) is 0 Å². The standard InChI is InChI=1S/C49H47N/c1-49(2)46-32-41(38-11-7-4-8-12-38)25-29-44(46)45-30-28-43(33-47(45)49)50(42-26-23-39(24-27-42)37-9-5-3-6-10-37)48-31-36-18-17-34-13-15-35(16-14-34)19-21-40(48)22-20-36/h4,7-8,11-16,20,22-33,37H,3,5-6,9-10,17-19,21H2,1-2H3. The van der Waals surface area contributed by atoms with Gasteiger partial charge in [0.1, 0.15) is 0 Å². The van der Waals surface area contributed by atoms with Crippen molar-refractivity contribution in [3.05, 3.63) is 172 Å². The molecule has 0 N–H and O–H groups in total. The van der Waals surface area contributed by atoms with E-state index in [1.807, 2.05) is 0 Å². The molecule has 0 aliphatic heterocycles. The maximum atomic E-state index is 2.58. The van der Waals surface area contributed by atoms with Crippen LogP contribution in [0.5, 0.6) is 0 Å². The van der Waals surface area contributed by atoms with E-state index in [-0.39, 0.29) is 5.41 Å². The van der Waals surface area contributed by atoms with Crippen LogP contribution in [0.25, 0.3) is 22.3 Å². The fourth-order valence-electron chi connectivity index (χ4n) is 9.06. The van der Waals surface area contributed by atoms with Crippen LogP contribution in [0.3, 0.4) is 0 Å². The van der Waals surface area contributed by atoms with E-state index >= 15 is 0 Å². The topological polar surface area (TPSA) is 3.24 Å². The van der Waals surface area contributed by atoms with Gasteiger partial charge in [0.15, 0.2) is 0 Å². The second kappa shape index (κ2) is 12.8. The van der Waals surface area contributed by atoms with Crippen LogP contribution in [-0.4, -0.2) is 0 Å². The summed E-state index contributed by atoms with van der Waals surface area (Å²) < 4.78 is 0. The number of fused-ring (bicyclic) bond motifs is 3. The lowest BCUT2D eigenvalue weighted by atomic mass is 9.81. The average Bonchev–Trinajstić information content (AvgIpc) is 3.39. The van der Waals surface area contributed by atoms with E-state index in [1.165, 1.54) is 110 Å². The Kier molecular flexibility index (Phi) is 7.96. The minimum atomic E-state index is -0.116. The minimum absolute atomic E-state index is 0.116. The summed E-state index contributed by atoms with van der Waals surface area (Å²) in [6.07, 6.45) is 10.9. The van der Waals surface area contributed by atoms with Crippen molar-refractivity contribution in [1.82, 2.24) is 0 Å². The Labute approximate surface area is 298 Å². The number of benzene rings is 6. The smallest absolute Gasteiger partial charge is 0.0496 e. The van der Waals surface area contributed by atoms with Gasteiger partial charge in [-0.3, -0.25) is 0 Å². The van der Waals surface area contributed by atoms with Crippen molar-refractivity contribution < 1.29 is 0 Å². The Morgan fingerprint density at radius 3 is 1.86 bits per heavy atom. The monoisotopic (exact) mass is 649 g/mol. The van der Waals surface area contributed by atoms with Crippen molar-refractivity contribution in [2.75, 3.05) is 4.90 Å². The largest absolute Gasteiger partial charge is 0.310 e. The lowest BCUT2D eigenvalue weighted by molar-refractivity contribution is 0.443. The fraction of sp³-hybridized carbons (Fsp3) is 0.265. The first kappa shape index (κ1) is 31.1. The van der Waals surface area contributed by atoms with Crippen molar-refractivity contribution in [3.63, 3.8) is 0 Å². The molecule has 0 unspecified atom stereocenters. The molecular weight excluding hydrogens is 603 g/mol. The molecule has 6 aromatic rings. The van der Waals surface area contributed by atoms with Gasteiger partial charge in [0, 0.05) is 22.5 Å². The van der Waals surface area contributed by atoms with E-state index in [9.17, 15) is 0 Å². The van der Waals surface area contributed by atoms with Crippen molar-refractivity contribution >= 4 is 17.1 Å². The van der Waals surface area contributed by atoms with Crippen molar-refractivity contribution in [3.8, 4) is 22.3 Å². The van der Waals surface area contributed by atoms with Gasteiger partial charge in [-0.05, 0) is 142 Å². The van der Waals surface area contributed by atoms with Crippen LogP contribution in [0.4, 0.5) is 17.1 Å². The zero-order chi connectivity index (χ0) is 33.7. The number of anilines is 3. The second-order valence-corrected chi connectivity index (χ2v) is 15.5. The van der Waals surface area contributed by atoms with Gasteiger partial charge in [0.25, 0.3) is 0 Å². The molecule has 0 radical (unpaired) electrons. The van der Waals surface area contributed by atoms with Crippen LogP contribution in [-0.2, 0) is 31.1 Å². The fourth-order valence-corrected chi connectivity index (χ4v) is 9.06. The van der Waals surface area contributed by atoms with E-state index in [1.54, 1.807) is 0 Å². The van der Waals surface area contributed by atoms with E-state index in [4.69, 9.17) is 0 Å². The summed E-state index contributed by atoms with van der Waals surface area (Å²) in [7, 11) is 0.